The molecule has 1 aromatic heterocycles. The highest BCUT2D eigenvalue weighted by molar-refractivity contribution is 5.79. The Bertz CT molecular complexity index is 572. The summed E-state index contributed by atoms with van der Waals surface area (Å²) in [6.07, 6.45) is 0. The molecule has 7 heteroatoms. The Balaban J connectivity index is 2.16. The van der Waals surface area contributed by atoms with E-state index >= 15 is 0 Å². The van der Waals surface area contributed by atoms with Crippen LogP contribution in [0.4, 0.5) is 14.7 Å². The second kappa shape index (κ2) is 5.94. The molecule has 0 unspecified atom stereocenters. The van der Waals surface area contributed by atoms with Gasteiger partial charge in [-0.3, -0.25) is 0 Å². The first-order valence-electron chi connectivity index (χ1n) is 5.81. The molecule has 0 saturated heterocycles. The number of ether oxygens (including phenoxy) is 2. The third-order valence-corrected chi connectivity index (χ3v) is 2.69. The summed E-state index contributed by atoms with van der Waals surface area (Å²) in [6, 6.07) is 1.99. The molecule has 0 spiro atoms. The maximum Gasteiger partial charge on any atom is 0.201 e. The van der Waals surface area contributed by atoms with Crippen LogP contribution in [-0.4, -0.2) is 36.5 Å². The SMILES string of the molecule is COCCOCCn1c(N)nc2c(F)cc(F)cc21. The van der Waals surface area contributed by atoms with E-state index in [2.05, 4.69) is 4.98 Å². The second-order valence-electron chi connectivity index (χ2n) is 3.98. The fraction of sp³-hybridized carbons (Fsp3) is 0.417. The van der Waals surface area contributed by atoms with E-state index in [1.54, 1.807) is 7.11 Å². The van der Waals surface area contributed by atoms with Crippen molar-refractivity contribution >= 4 is 17.0 Å². The lowest BCUT2D eigenvalue weighted by Gasteiger charge is -2.07. The molecular weight excluding hydrogens is 256 g/mol. The first-order chi connectivity index (χ1) is 9.13. The molecule has 0 bridgehead atoms. The molecule has 1 heterocycles. The van der Waals surface area contributed by atoms with Gasteiger partial charge in [0, 0.05) is 25.8 Å². The topological polar surface area (TPSA) is 62.3 Å². The van der Waals surface area contributed by atoms with Gasteiger partial charge in [0.05, 0.1) is 25.3 Å². The lowest BCUT2D eigenvalue weighted by Crippen LogP contribution is -2.11. The summed E-state index contributed by atoms with van der Waals surface area (Å²) in [7, 11) is 1.58. The van der Waals surface area contributed by atoms with Crippen LogP contribution in [0.2, 0.25) is 0 Å². The van der Waals surface area contributed by atoms with Gasteiger partial charge in [-0.1, -0.05) is 0 Å². The number of nitrogen functional groups attached to an aromatic ring is 1. The van der Waals surface area contributed by atoms with Gasteiger partial charge >= 0.3 is 0 Å². The van der Waals surface area contributed by atoms with Crippen molar-refractivity contribution in [3.8, 4) is 0 Å². The molecule has 0 aliphatic heterocycles. The van der Waals surface area contributed by atoms with Crippen LogP contribution in [0.25, 0.3) is 11.0 Å². The molecule has 5 nitrogen and oxygen atoms in total. The summed E-state index contributed by atoms with van der Waals surface area (Å²) in [5, 5.41) is 0. The largest absolute Gasteiger partial charge is 0.382 e. The molecular formula is C12H15F2N3O2. The van der Waals surface area contributed by atoms with Gasteiger partial charge in [-0.25, -0.2) is 13.8 Å². The minimum Gasteiger partial charge on any atom is -0.382 e. The third kappa shape index (κ3) is 2.99. The molecule has 0 radical (unpaired) electrons. The number of aromatic nitrogens is 2. The predicted octanol–water partition coefficient (Wildman–Crippen LogP) is 1.56. The van der Waals surface area contributed by atoms with Gasteiger partial charge in [-0.05, 0) is 0 Å². The summed E-state index contributed by atoms with van der Waals surface area (Å²) < 4.78 is 38.4. The summed E-state index contributed by atoms with van der Waals surface area (Å²) in [5.41, 5.74) is 6.09. The Morgan fingerprint density at radius 2 is 2.05 bits per heavy atom. The number of rotatable bonds is 6. The van der Waals surface area contributed by atoms with Crippen LogP contribution in [0.3, 0.4) is 0 Å². The number of hydrogen-bond acceptors (Lipinski definition) is 4. The summed E-state index contributed by atoms with van der Waals surface area (Å²) in [5.74, 6) is -1.25. The minimum absolute atomic E-state index is 0.0655. The number of nitrogens with two attached hydrogens (primary N) is 1. The molecule has 0 saturated carbocycles. The lowest BCUT2D eigenvalue weighted by molar-refractivity contribution is 0.0671. The van der Waals surface area contributed by atoms with Crippen LogP contribution in [0, 0.1) is 11.6 Å². The van der Waals surface area contributed by atoms with Gasteiger partial charge in [0.2, 0.25) is 5.95 Å². The number of benzene rings is 1. The quantitative estimate of drug-likeness (QED) is 0.810. The Hall–Kier alpha value is -1.73. The van der Waals surface area contributed by atoms with Crippen LogP contribution < -0.4 is 5.73 Å². The van der Waals surface area contributed by atoms with Gasteiger partial charge in [-0.15, -0.1) is 0 Å². The van der Waals surface area contributed by atoms with Gasteiger partial charge in [0.1, 0.15) is 11.3 Å². The number of halogens is 2. The first kappa shape index (κ1) is 13.7. The van der Waals surface area contributed by atoms with E-state index in [-0.39, 0.29) is 11.5 Å². The van der Waals surface area contributed by atoms with Crippen molar-refractivity contribution in [1.29, 1.82) is 0 Å². The van der Waals surface area contributed by atoms with Gasteiger partial charge in [-0.2, -0.15) is 0 Å². The molecule has 0 aliphatic rings. The fourth-order valence-electron chi connectivity index (χ4n) is 1.80. The number of nitrogens with zero attached hydrogens (tertiary/aromatic N) is 2. The maximum absolute atomic E-state index is 13.5. The average molecular weight is 271 g/mol. The zero-order chi connectivity index (χ0) is 13.8. The zero-order valence-corrected chi connectivity index (χ0v) is 10.5. The molecule has 0 aliphatic carbocycles. The van der Waals surface area contributed by atoms with Gasteiger partial charge in [0.15, 0.2) is 5.82 Å². The van der Waals surface area contributed by atoms with E-state index in [4.69, 9.17) is 15.2 Å². The number of hydrogen-bond donors (Lipinski definition) is 1. The molecule has 0 fully saturated rings. The summed E-state index contributed by atoms with van der Waals surface area (Å²) in [4.78, 5) is 3.89. The normalized spacial score (nSPS) is 11.3. The predicted molar refractivity (Wildman–Crippen MR) is 66.8 cm³/mol. The Morgan fingerprint density at radius 3 is 2.79 bits per heavy atom. The smallest absolute Gasteiger partial charge is 0.201 e. The van der Waals surface area contributed by atoms with E-state index in [9.17, 15) is 8.78 Å². The van der Waals surface area contributed by atoms with Crippen LogP contribution >= 0.6 is 0 Å². The van der Waals surface area contributed by atoms with E-state index in [0.29, 0.717) is 31.9 Å². The lowest BCUT2D eigenvalue weighted by atomic mass is 10.3. The monoisotopic (exact) mass is 271 g/mol. The zero-order valence-electron chi connectivity index (χ0n) is 10.5. The molecule has 2 aromatic rings. The number of methoxy groups -OCH3 is 1. The third-order valence-electron chi connectivity index (χ3n) is 2.69. The first-order valence-corrected chi connectivity index (χ1v) is 5.81. The van der Waals surface area contributed by atoms with Crippen molar-refractivity contribution < 1.29 is 18.3 Å². The fourth-order valence-corrected chi connectivity index (χ4v) is 1.80. The number of imidazole rings is 1. The van der Waals surface area contributed by atoms with E-state index in [1.165, 1.54) is 10.6 Å². The van der Waals surface area contributed by atoms with Gasteiger partial charge in [0.25, 0.3) is 0 Å². The van der Waals surface area contributed by atoms with Crippen molar-refractivity contribution in [2.45, 2.75) is 6.54 Å². The van der Waals surface area contributed by atoms with Crippen LogP contribution in [0.15, 0.2) is 12.1 Å². The highest BCUT2D eigenvalue weighted by Gasteiger charge is 2.13. The molecule has 1 aromatic carbocycles. The Kier molecular flexibility index (Phi) is 4.28. The summed E-state index contributed by atoms with van der Waals surface area (Å²) >= 11 is 0. The van der Waals surface area contributed by atoms with Crippen molar-refractivity contribution in [3.05, 3.63) is 23.8 Å². The molecule has 2 N–H and O–H groups in total. The highest BCUT2D eigenvalue weighted by atomic mass is 19.1. The Morgan fingerprint density at radius 1 is 1.26 bits per heavy atom. The highest BCUT2D eigenvalue weighted by Crippen LogP contribution is 2.21. The average Bonchev–Trinajstić information content (AvgIpc) is 2.67. The van der Waals surface area contributed by atoms with Crippen LogP contribution in [0.1, 0.15) is 0 Å². The number of anilines is 1. The van der Waals surface area contributed by atoms with Crippen molar-refractivity contribution in [2.24, 2.45) is 0 Å². The minimum atomic E-state index is -0.722. The maximum atomic E-state index is 13.5. The van der Waals surface area contributed by atoms with Crippen molar-refractivity contribution in [2.75, 3.05) is 32.7 Å². The second-order valence-corrected chi connectivity index (χ2v) is 3.98. The van der Waals surface area contributed by atoms with E-state index < -0.39 is 11.6 Å². The van der Waals surface area contributed by atoms with Crippen molar-refractivity contribution in [1.82, 2.24) is 9.55 Å². The van der Waals surface area contributed by atoms with Crippen LogP contribution in [0.5, 0.6) is 0 Å². The summed E-state index contributed by atoms with van der Waals surface area (Å²) in [6.45, 7) is 1.67. The van der Waals surface area contributed by atoms with Gasteiger partial charge < -0.3 is 19.8 Å². The van der Waals surface area contributed by atoms with Crippen LogP contribution in [-0.2, 0) is 16.0 Å². The number of fused-ring (bicyclic) bond motifs is 1. The molecule has 104 valence electrons. The van der Waals surface area contributed by atoms with E-state index in [1.807, 2.05) is 0 Å². The van der Waals surface area contributed by atoms with E-state index in [0.717, 1.165) is 6.07 Å². The molecule has 0 amide bonds. The standard InChI is InChI=1S/C12H15F2N3O2/c1-18-4-5-19-3-2-17-10-7-8(13)6-9(14)11(10)16-12(17)15/h6-7H,2-5H2,1H3,(H2,15,16). The molecule has 2 rings (SSSR count). The Labute approximate surface area is 108 Å². The molecule has 19 heavy (non-hydrogen) atoms. The van der Waals surface area contributed by atoms with Crippen molar-refractivity contribution in [3.63, 3.8) is 0 Å². The molecule has 0 atom stereocenters.